The van der Waals surface area contributed by atoms with Gasteiger partial charge in [0.1, 0.15) is 11.9 Å². The Bertz CT molecular complexity index is 1550. The van der Waals surface area contributed by atoms with Gasteiger partial charge in [-0.25, -0.2) is 8.42 Å². The van der Waals surface area contributed by atoms with Gasteiger partial charge < -0.3 is 19.5 Å². The highest BCUT2D eigenvalue weighted by Crippen LogP contribution is 2.36. The molecule has 0 aromatic heterocycles. The molecule has 44 heavy (non-hydrogen) atoms. The standard InChI is InChI=1S/C31H36F3N3O6S/c1-20-16-37(21(2)19-38)30(39)26-6-5-7-27(35-44(40,41)25-14-12-24(42-4)13-15-25)29(26)43-28(20)18-36(3)17-22-8-10-23(11-9-22)31(32,33)34/h5-15,20-21,28,35,38H,16-19H2,1-4H3/t20-,21-,28+/m1/s1. The number of nitrogens with zero attached hydrogens (tertiary/aromatic N) is 2. The summed E-state index contributed by atoms with van der Waals surface area (Å²) in [6.45, 7) is 4.19. The summed E-state index contributed by atoms with van der Waals surface area (Å²) in [6.07, 6.45) is -5.00. The number of para-hydroxylation sites is 1. The summed E-state index contributed by atoms with van der Waals surface area (Å²) >= 11 is 0. The van der Waals surface area contributed by atoms with Crippen LogP contribution in [0.15, 0.2) is 71.6 Å². The number of hydrogen-bond acceptors (Lipinski definition) is 7. The van der Waals surface area contributed by atoms with Crippen LogP contribution in [0.1, 0.15) is 35.3 Å². The quantitative estimate of drug-likeness (QED) is 0.328. The van der Waals surface area contributed by atoms with Crippen LogP contribution in [0.2, 0.25) is 0 Å². The van der Waals surface area contributed by atoms with Gasteiger partial charge in [-0.15, -0.1) is 0 Å². The number of nitrogens with one attached hydrogen (secondary N) is 1. The van der Waals surface area contributed by atoms with Gasteiger partial charge in [-0.1, -0.05) is 25.1 Å². The summed E-state index contributed by atoms with van der Waals surface area (Å²) in [5.74, 6) is -0.167. The van der Waals surface area contributed by atoms with Crippen molar-refractivity contribution in [1.82, 2.24) is 9.80 Å². The molecule has 0 fully saturated rings. The Hall–Kier alpha value is -3.81. The van der Waals surface area contributed by atoms with Crippen LogP contribution in [-0.4, -0.2) is 75.2 Å². The van der Waals surface area contributed by atoms with Crippen molar-refractivity contribution in [3.05, 3.63) is 83.4 Å². The molecule has 0 saturated carbocycles. The summed E-state index contributed by atoms with van der Waals surface area (Å²) in [5, 5.41) is 9.91. The smallest absolute Gasteiger partial charge is 0.416 e. The van der Waals surface area contributed by atoms with Crippen molar-refractivity contribution >= 4 is 21.6 Å². The number of amides is 1. The van der Waals surface area contributed by atoms with E-state index in [1.165, 1.54) is 54.5 Å². The topological polar surface area (TPSA) is 108 Å². The lowest BCUT2D eigenvalue weighted by molar-refractivity contribution is -0.137. The maximum absolute atomic E-state index is 13.7. The second-order valence-corrected chi connectivity index (χ2v) is 12.7. The van der Waals surface area contributed by atoms with E-state index in [2.05, 4.69) is 4.72 Å². The highest BCUT2D eigenvalue weighted by atomic mass is 32.2. The molecular formula is C31H36F3N3O6S. The Morgan fingerprint density at radius 1 is 1.11 bits per heavy atom. The molecule has 1 aliphatic heterocycles. The number of anilines is 1. The Labute approximate surface area is 255 Å². The minimum absolute atomic E-state index is 0.0233. The summed E-state index contributed by atoms with van der Waals surface area (Å²) in [5.41, 5.74) is 0.123. The predicted molar refractivity (Wildman–Crippen MR) is 159 cm³/mol. The molecule has 0 aliphatic carbocycles. The summed E-state index contributed by atoms with van der Waals surface area (Å²) < 4.78 is 79.8. The van der Waals surface area contributed by atoms with E-state index in [0.29, 0.717) is 24.4 Å². The van der Waals surface area contributed by atoms with Gasteiger partial charge in [0.25, 0.3) is 15.9 Å². The highest BCUT2D eigenvalue weighted by Gasteiger charge is 2.35. The molecule has 2 N–H and O–H groups in total. The van der Waals surface area contributed by atoms with E-state index >= 15 is 0 Å². The number of methoxy groups -OCH3 is 1. The van der Waals surface area contributed by atoms with Crippen LogP contribution in [-0.2, 0) is 22.7 Å². The first kappa shape index (κ1) is 33.1. The average molecular weight is 636 g/mol. The van der Waals surface area contributed by atoms with Crippen LogP contribution in [0, 0.1) is 5.92 Å². The number of halogens is 3. The van der Waals surface area contributed by atoms with Crippen molar-refractivity contribution in [2.45, 2.75) is 43.6 Å². The number of carbonyl (C=O) groups is 1. The van der Waals surface area contributed by atoms with Crippen molar-refractivity contribution in [3.63, 3.8) is 0 Å². The molecular weight excluding hydrogens is 599 g/mol. The van der Waals surface area contributed by atoms with E-state index < -0.39 is 39.8 Å². The normalized spacial score (nSPS) is 18.2. The zero-order valence-corrected chi connectivity index (χ0v) is 25.7. The highest BCUT2D eigenvalue weighted by molar-refractivity contribution is 7.92. The van der Waals surface area contributed by atoms with E-state index in [0.717, 1.165) is 12.1 Å². The number of aliphatic hydroxyl groups is 1. The molecule has 238 valence electrons. The maximum atomic E-state index is 13.7. The fraction of sp³-hybridized carbons (Fsp3) is 0.387. The van der Waals surface area contributed by atoms with Gasteiger partial charge in [-0.2, -0.15) is 13.2 Å². The second-order valence-electron chi connectivity index (χ2n) is 11.0. The number of carbonyl (C=O) groups excluding carboxylic acids is 1. The van der Waals surface area contributed by atoms with Crippen LogP contribution >= 0.6 is 0 Å². The van der Waals surface area contributed by atoms with Crippen molar-refractivity contribution in [3.8, 4) is 11.5 Å². The van der Waals surface area contributed by atoms with Gasteiger partial charge in [0.2, 0.25) is 0 Å². The average Bonchev–Trinajstić information content (AvgIpc) is 2.98. The fourth-order valence-corrected chi connectivity index (χ4v) is 6.05. The van der Waals surface area contributed by atoms with E-state index in [-0.39, 0.29) is 41.0 Å². The summed E-state index contributed by atoms with van der Waals surface area (Å²) in [7, 11) is -0.829. The molecule has 0 unspecified atom stereocenters. The Balaban J connectivity index is 1.66. The van der Waals surface area contributed by atoms with Gasteiger partial charge in [-0.05, 0) is 68.1 Å². The van der Waals surface area contributed by atoms with Gasteiger partial charge in [0.15, 0.2) is 5.75 Å². The lowest BCUT2D eigenvalue weighted by atomic mass is 9.99. The molecule has 1 heterocycles. The molecule has 0 saturated heterocycles. The van der Waals surface area contributed by atoms with E-state index in [1.54, 1.807) is 26.1 Å². The molecule has 3 aromatic carbocycles. The van der Waals surface area contributed by atoms with Crippen molar-refractivity contribution < 1.29 is 41.0 Å². The predicted octanol–water partition coefficient (Wildman–Crippen LogP) is 4.87. The molecule has 13 heteroatoms. The van der Waals surface area contributed by atoms with Gasteiger partial charge in [-0.3, -0.25) is 14.4 Å². The first-order valence-corrected chi connectivity index (χ1v) is 15.4. The Kier molecular flexibility index (Phi) is 10.1. The van der Waals surface area contributed by atoms with Crippen LogP contribution in [0.4, 0.5) is 18.9 Å². The SMILES string of the molecule is COc1ccc(S(=O)(=O)Nc2cccc3c2O[C@@H](CN(C)Cc2ccc(C(F)(F)F)cc2)[C@H](C)CN([C@H](C)CO)C3=O)cc1. The van der Waals surface area contributed by atoms with Gasteiger partial charge in [0.05, 0.1) is 41.5 Å². The summed E-state index contributed by atoms with van der Waals surface area (Å²) in [6, 6.07) is 14.8. The number of rotatable bonds is 10. The van der Waals surface area contributed by atoms with Crippen LogP contribution in [0.25, 0.3) is 0 Å². The third-order valence-corrected chi connectivity index (χ3v) is 8.91. The molecule has 9 nitrogen and oxygen atoms in total. The molecule has 0 bridgehead atoms. The number of alkyl halides is 3. The van der Waals surface area contributed by atoms with E-state index in [1.807, 2.05) is 11.8 Å². The Morgan fingerprint density at radius 2 is 1.77 bits per heavy atom. The third kappa shape index (κ3) is 7.63. The van der Waals surface area contributed by atoms with Crippen LogP contribution in [0.3, 0.4) is 0 Å². The second kappa shape index (κ2) is 13.4. The number of ether oxygens (including phenoxy) is 2. The first-order valence-electron chi connectivity index (χ1n) is 14.0. The number of sulfonamides is 1. The lowest BCUT2D eigenvalue weighted by Crippen LogP contribution is -2.49. The molecule has 1 amide bonds. The molecule has 0 spiro atoms. The molecule has 3 aromatic rings. The molecule has 3 atom stereocenters. The fourth-order valence-electron chi connectivity index (χ4n) is 4.98. The molecule has 1 aliphatic rings. The number of benzene rings is 3. The third-order valence-electron chi connectivity index (χ3n) is 7.53. The Morgan fingerprint density at radius 3 is 2.36 bits per heavy atom. The minimum Gasteiger partial charge on any atom is -0.497 e. The van der Waals surface area contributed by atoms with Gasteiger partial charge >= 0.3 is 6.18 Å². The van der Waals surface area contributed by atoms with Crippen LogP contribution in [0.5, 0.6) is 11.5 Å². The number of aliphatic hydroxyl groups excluding tert-OH is 1. The number of likely N-dealkylation sites (N-methyl/N-ethyl adjacent to an activating group) is 1. The first-order chi connectivity index (χ1) is 20.7. The van der Waals surface area contributed by atoms with Crippen molar-refractivity contribution in [2.75, 3.05) is 38.6 Å². The molecule has 4 rings (SSSR count). The minimum atomic E-state index is -4.43. The van der Waals surface area contributed by atoms with Crippen LogP contribution < -0.4 is 14.2 Å². The van der Waals surface area contributed by atoms with Gasteiger partial charge in [0, 0.05) is 25.6 Å². The monoisotopic (exact) mass is 635 g/mol. The zero-order valence-electron chi connectivity index (χ0n) is 24.8. The largest absolute Gasteiger partial charge is 0.497 e. The number of hydrogen-bond donors (Lipinski definition) is 2. The van der Waals surface area contributed by atoms with Crippen molar-refractivity contribution in [1.29, 1.82) is 0 Å². The zero-order chi connectivity index (χ0) is 32.2. The number of fused-ring (bicyclic) bond motifs is 1. The van der Waals surface area contributed by atoms with E-state index in [9.17, 15) is 31.5 Å². The van der Waals surface area contributed by atoms with Crippen molar-refractivity contribution in [2.24, 2.45) is 5.92 Å². The van der Waals surface area contributed by atoms with E-state index in [4.69, 9.17) is 9.47 Å². The summed E-state index contributed by atoms with van der Waals surface area (Å²) in [4.78, 5) is 17.1. The lowest BCUT2D eigenvalue weighted by Gasteiger charge is -2.38. The molecule has 0 radical (unpaired) electrons. The maximum Gasteiger partial charge on any atom is 0.416 e.